The second-order valence-electron chi connectivity index (χ2n) is 7.40. The molecule has 2 aliphatic carbocycles. The topological polar surface area (TPSA) is 70.2 Å². The highest BCUT2D eigenvalue weighted by atomic mass is 16.2. The Labute approximate surface area is 134 Å². The summed E-state index contributed by atoms with van der Waals surface area (Å²) in [5.41, 5.74) is 0. The Morgan fingerprint density at radius 1 is 0.955 bits per heavy atom. The van der Waals surface area contributed by atoms with Gasteiger partial charge in [-0.1, -0.05) is 26.7 Å². The van der Waals surface area contributed by atoms with Gasteiger partial charge in [-0.15, -0.1) is 0 Å². The summed E-state index contributed by atoms with van der Waals surface area (Å²) >= 11 is 0. The molecular weight excluding hydrogens is 278 g/mol. The zero-order valence-electron chi connectivity index (χ0n) is 14.0. The largest absolute Gasteiger partial charge is 0.352 e. The molecule has 0 heterocycles. The third-order valence-corrected chi connectivity index (χ3v) is 4.96. The molecule has 0 radical (unpaired) electrons. The fourth-order valence-corrected chi connectivity index (χ4v) is 4.09. The summed E-state index contributed by atoms with van der Waals surface area (Å²) in [6.45, 7) is 5.36. The molecule has 0 aliphatic heterocycles. The van der Waals surface area contributed by atoms with Crippen molar-refractivity contribution in [2.24, 2.45) is 17.8 Å². The van der Waals surface area contributed by atoms with E-state index in [4.69, 9.17) is 0 Å². The Morgan fingerprint density at radius 2 is 1.59 bits per heavy atom. The highest BCUT2D eigenvalue weighted by molar-refractivity contribution is 5.84. The number of hydrogen-bond acceptors (Lipinski definition) is 2. The normalized spacial score (nSPS) is 29.1. The van der Waals surface area contributed by atoms with E-state index in [1.54, 1.807) is 0 Å². The van der Waals surface area contributed by atoms with Crippen LogP contribution >= 0.6 is 0 Å². The van der Waals surface area contributed by atoms with E-state index < -0.39 is 0 Å². The maximum Gasteiger partial charge on any atom is 0.315 e. The highest BCUT2D eigenvalue weighted by Gasteiger charge is 2.24. The van der Waals surface area contributed by atoms with E-state index in [-0.39, 0.29) is 18.5 Å². The number of carbonyl (C=O) groups excluding carboxylic acids is 2. The average Bonchev–Trinajstić information content (AvgIpc) is 2.95. The van der Waals surface area contributed by atoms with Crippen molar-refractivity contribution in [3.05, 3.63) is 0 Å². The van der Waals surface area contributed by atoms with Crippen molar-refractivity contribution < 1.29 is 9.59 Å². The van der Waals surface area contributed by atoms with E-state index in [2.05, 4.69) is 29.8 Å². The molecule has 0 aromatic carbocycles. The van der Waals surface area contributed by atoms with Crippen LogP contribution in [0.5, 0.6) is 0 Å². The van der Waals surface area contributed by atoms with Gasteiger partial charge in [-0.3, -0.25) is 4.79 Å². The molecule has 2 aliphatic rings. The average molecular weight is 309 g/mol. The molecule has 3 amide bonds. The summed E-state index contributed by atoms with van der Waals surface area (Å²) in [5, 5.41) is 8.54. The standard InChI is InChI=1S/C17H31N3O2/c1-12-7-13(2)9-14(8-12)10-18-17(22)19-11-16(21)20-15-5-3-4-6-15/h12-15H,3-11H2,1-2H3,(H,20,21)(H2,18,19,22). The SMILES string of the molecule is CC1CC(C)CC(CNC(=O)NCC(=O)NC2CCCC2)C1. The first-order valence-electron chi connectivity index (χ1n) is 8.84. The number of rotatable bonds is 5. The van der Waals surface area contributed by atoms with Crippen LogP contribution in [0.3, 0.4) is 0 Å². The molecule has 0 aromatic rings. The van der Waals surface area contributed by atoms with Crippen LogP contribution in [0, 0.1) is 17.8 Å². The molecule has 0 saturated heterocycles. The lowest BCUT2D eigenvalue weighted by Crippen LogP contribution is -2.45. The molecule has 2 saturated carbocycles. The number of urea groups is 1. The van der Waals surface area contributed by atoms with Crippen LogP contribution in [-0.4, -0.2) is 31.1 Å². The molecule has 0 spiro atoms. The third-order valence-electron chi connectivity index (χ3n) is 4.96. The zero-order valence-corrected chi connectivity index (χ0v) is 14.0. The first-order valence-corrected chi connectivity index (χ1v) is 8.84. The van der Waals surface area contributed by atoms with Crippen molar-refractivity contribution in [1.82, 2.24) is 16.0 Å². The van der Waals surface area contributed by atoms with Gasteiger partial charge >= 0.3 is 6.03 Å². The lowest BCUT2D eigenvalue weighted by Gasteiger charge is -2.31. The van der Waals surface area contributed by atoms with Crippen molar-refractivity contribution >= 4 is 11.9 Å². The van der Waals surface area contributed by atoms with E-state index in [0.717, 1.165) is 24.7 Å². The van der Waals surface area contributed by atoms with E-state index in [9.17, 15) is 9.59 Å². The number of nitrogens with one attached hydrogen (secondary N) is 3. The van der Waals surface area contributed by atoms with Gasteiger partial charge in [-0.25, -0.2) is 4.79 Å². The van der Waals surface area contributed by atoms with Crippen LogP contribution in [0.2, 0.25) is 0 Å². The molecule has 2 fully saturated rings. The molecule has 22 heavy (non-hydrogen) atoms. The zero-order chi connectivity index (χ0) is 15.9. The summed E-state index contributed by atoms with van der Waals surface area (Å²) in [4.78, 5) is 23.5. The van der Waals surface area contributed by atoms with Crippen molar-refractivity contribution in [1.29, 1.82) is 0 Å². The monoisotopic (exact) mass is 309 g/mol. The maximum atomic E-state index is 11.8. The molecule has 3 N–H and O–H groups in total. The fourth-order valence-electron chi connectivity index (χ4n) is 4.09. The van der Waals surface area contributed by atoms with E-state index in [1.807, 2.05) is 0 Å². The first-order chi connectivity index (χ1) is 10.5. The van der Waals surface area contributed by atoms with Gasteiger partial charge in [-0.05, 0) is 49.9 Å². The molecule has 2 rings (SSSR count). The van der Waals surface area contributed by atoms with Gasteiger partial charge in [0.15, 0.2) is 0 Å². The lowest BCUT2D eigenvalue weighted by atomic mass is 9.77. The molecular formula is C17H31N3O2. The van der Waals surface area contributed by atoms with Crippen molar-refractivity contribution in [3.8, 4) is 0 Å². The minimum atomic E-state index is -0.229. The van der Waals surface area contributed by atoms with E-state index in [1.165, 1.54) is 32.1 Å². The van der Waals surface area contributed by atoms with Crippen molar-refractivity contribution in [2.45, 2.75) is 64.8 Å². The van der Waals surface area contributed by atoms with E-state index >= 15 is 0 Å². The van der Waals surface area contributed by atoms with Gasteiger partial charge in [0.05, 0.1) is 6.54 Å². The molecule has 5 heteroatoms. The molecule has 5 nitrogen and oxygen atoms in total. The van der Waals surface area contributed by atoms with Crippen LogP contribution in [-0.2, 0) is 4.79 Å². The second kappa shape index (κ2) is 8.39. The predicted octanol–water partition coefficient (Wildman–Crippen LogP) is 2.42. The summed E-state index contributed by atoms with van der Waals surface area (Å²) in [5.74, 6) is 1.98. The number of hydrogen-bond donors (Lipinski definition) is 3. The molecule has 2 atom stereocenters. The predicted molar refractivity (Wildman–Crippen MR) is 87.5 cm³/mol. The number of amides is 3. The van der Waals surface area contributed by atoms with Gasteiger partial charge in [0.25, 0.3) is 0 Å². The van der Waals surface area contributed by atoms with Gasteiger partial charge < -0.3 is 16.0 Å². The van der Waals surface area contributed by atoms with Gasteiger partial charge in [0, 0.05) is 12.6 Å². The van der Waals surface area contributed by atoms with Crippen LogP contribution < -0.4 is 16.0 Å². The molecule has 126 valence electrons. The van der Waals surface area contributed by atoms with Crippen LogP contribution in [0.15, 0.2) is 0 Å². The summed E-state index contributed by atoms with van der Waals surface area (Å²) in [7, 11) is 0. The Bertz CT molecular complexity index is 370. The van der Waals surface area contributed by atoms with Gasteiger partial charge in [0.2, 0.25) is 5.91 Å². The minimum absolute atomic E-state index is 0.0693. The van der Waals surface area contributed by atoms with E-state index in [0.29, 0.717) is 18.5 Å². The summed E-state index contributed by atoms with van der Waals surface area (Å²) in [6, 6.07) is 0.0787. The molecule has 0 aromatic heterocycles. The Morgan fingerprint density at radius 3 is 2.23 bits per heavy atom. The number of carbonyl (C=O) groups is 2. The summed E-state index contributed by atoms with van der Waals surface area (Å²) < 4.78 is 0. The highest BCUT2D eigenvalue weighted by Crippen LogP contribution is 2.32. The maximum absolute atomic E-state index is 11.8. The quantitative estimate of drug-likeness (QED) is 0.730. The van der Waals surface area contributed by atoms with Gasteiger partial charge in [0.1, 0.15) is 0 Å². The van der Waals surface area contributed by atoms with Gasteiger partial charge in [-0.2, -0.15) is 0 Å². The Balaban J connectivity index is 1.58. The molecule has 0 bridgehead atoms. The third kappa shape index (κ3) is 5.85. The minimum Gasteiger partial charge on any atom is -0.352 e. The summed E-state index contributed by atoms with van der Waals surface area (Å²) in [6.07, 6.45) is 8.18. The van der Waals surface area contributed by atoms with Crippen molar-refractivity contribution in [3.63, 3.8) is 0 Å². The fraction of sp³-hybridized carbons (Fsp3) is 0.882. The lowest BCUT2D eigenvalue weighted by molar-refractivity contribution is -0.120. The Hall–Kier alpha value is -1.26. The van der Waals surface area contributed by atoms with Crippen LogP contribution in [0.1, 0.15) is 58.8 Å². The first kappa shape index (κ1) is 17.1. The van der Waals surface area contributed by atoms with Crippen LogP contribution in [0.25, 0.3) is 0 Å². The second-order valence-corrected chi connectivity index (χ2v) is 7.40. The van der Waals surface area contributed by atoms with Crippen LogP contribution in [0.4, 0.5) is 4.79 Å². The smallest absolute Gasteiger partial charge is 0.315 e. The Kier molecular flexibility index (Phi) is 6.52. The van der Waals surface area contributed by atoms with Crippen molar-refractivity contribution in [2.75, 3.05) is 13.1 Å². The molecule has 2 unspecified atom stereocenters.